The molecule has 1 N–H and O–H groups in total. The zero-order chi connectivity index (χ0) is 18.5. The number of anilines is 1. The first-order valence-electron chi connectivity index (χ1n) is 8.13. The second kappa shape index (κ2) is 8.35. The van der Waals surface area contributed by atoms with Gasteiger partial charge in [-0.15, -0.1) is 0 Å². The van der Waals surface area contributed by atoms with Crippen molar-refractivity contribution in [3.8, 4) is 0 Å². The molecule has 130 valence electrons. The molecule has 0 aliphatic heterocycles. The molecule has 0 spiro atoms. The third-order valence-electron chi connectivity index (χ3n) is 3.88. The molecule has 0 fully saturated rings. The van der Waals surface area contributed by atoms with Gasteiger partial charge >= 0.3 is 0 Å². The Morgan fingerprint density at radius 2 is 1.65 bits per heavy atom. The third kappa shape index (κ3) is 4.63. The third-order valence-corrected chi connectivity index (χ3v) is 4.79. The number of hydrogen-bond donors (Lipinski definition) is 1. The zero-order valence-electron chi connectivity index (χ0n) is 14.2. The van der Waals surface area contributed by atoms with E-state index in [2.05, 4.69) is 21.2 Å². The van der Waals surface area contributed by atoms with E-state index in [9.17, 15) is 4.79 Å². The van der Waals surface area contributed by atoms with Gasteiger partial charge in [0, 0.05) is 26.8 Å². The van der Waals surface area contributed by atoms with Crippen LogP contribution in [0.5, 0.6) is 0 Å². The number of ketones is 1. The molecule has 0 saturated heterocycles. The van der Waals surface area contributed by atoms with Crippen LogP contribution < -0.4 is 5.32 Å². The van der Waals surface area contributed by atoms with Crippen molar-refractivity contribution in [3.63, 3.8) is 0 Å². The molecule has 26 heavy (non-hydrogen) atoms. The Bertz CT molecular complexity index is 950. The van der Waals surface area contributed by atoms with Gasteiger partial charge in [-0.05, 0) is 70.4 Å². The normalized spacial score (nSPS) is 11.3. The van der Waals surface area contributed by atoms with Crippen molar-refractivity contribution >= 4 is 44.7 Å². The van der Waals surface area contributed by atoms with E-state index in [-0.39, 0.29) is 5.78 Å². The van der Waals surface area contributed by atoms with Crippen molar-refractivity contribution in [1.29, 1.82) is 0 Å². The molecule has 3 aromatic carbocycles. The molecule has 0 aliphatic rings. The summed E-state index contributed by atoms with van der Waals surface area (Å²) < 4.78 is 0.943. The fourth-order valence-electron chi connectivity index (χ4n) is 2.50. The van der Waals surface area contributed by atoms with E-state index in [4.69, 9.17) is 11.6 Å². The Morgan fingerprint density at radius 3 is 2.31 bits per heavy atom. The lowest BCUT2D eigenvalue weighted by molar-refractivity contribution is 0.104. The van der Waals surface area contributed by atoms with Crippen LogP contribution in [0.25, 0.3) is 5.70 Å². The molecule has 0 aliphatic carbocycles. The number of nitrogens with one attached hydrogen (secondary N) is 1. The molecule has 0 aromatic heterocycles. The number of halogens is 2. The molecule has 0 atom stereocenters. The minimum atomic E-state index is -0.0868. The maximum atomic E-state index is 12.7. The van der Waals surface area contributed by atoms with Crippen LogP contribution in [0.15, 0.2) is 83.3 Å². The van der Waals surface area contributed by atoms with Crippen LogP contribution in [0.1, 0.15) is 21.5 Å². The maximum Gasteiger partial charge on any atom is 0.187 e. The van der Waals surface area contributed by atoms with Crippen LogP contribution in [-0.2, 0) is 0 Å². The van der Waals surface area contributed by atoms with Crippen LogP contribution in [0.3, 0.4) is 0 Å². The Hall–Kier alpha value is -2.36. The average molecular weight is 427 g/mol. The molecule has 3 aromatic rings. The highest BCUT2D eigenvalue weighted by atomic mass is 79.9. The van der Waals surface area contributed by atoms with E-state index < -0.39 is 0 Å². The lowest BCUT2D eigenvalue weighted by Gasteiger charge is -2.13. The molecular formula is C22H17BrClNO. The van der Waals surface area contributed by atoms with Gasteiger partial charge in [0.1, 0.15) is 0 Å². The van der Waals surface area contributed by atoms with Gasteiger partial charge in [-0.25, -0.2) is 0 Å². The number of hydrogen-bond acceptors (Lipinski definition) is 2. The van der Waals surface area contributed by atoms with Gasteiger partial charge in [0.05, 0.1) is 5.69 Å². The highest BCUT2D eigenvalue weighted by Gasteiger charge is 2.09. The van der Waals surface area contributed by atoms with Gasteiger partial charge in [0.25, 0.3) is 0 Å². The predicted molar refractivity (Wildman–Crippen MR) is 113 cm³/mol. The molecule has 0 amide bonds. The SMILES string of the molecule is Cc1ccc(N/C(=C\C(=O)c2ccc(Cl)cc2)c2ccccc2)c(Br)c1. The highest BCUT2D eigenvalue weighted by Crippen LogP contribution is 2.27. The van der Waals surface area contributed by atoms with Crippen molar-refractivity contribution < 1.29 is 4.79 Å². The second-order valence-corrected chi connectivity index (χ2v) is 7.19. The van der Waals surface area contributed by atoms with Gasteiger partial charge in [0.15, 0.2) is 5.78 Å². The minimum Gasteiger partial charge on any atom is -0.354 e. The predicted octanol–water partition coefficient (Wildman–Crippen LogP) is 6.75. The largest absolute Gasteiger partial charge is 0.354 e. The Labute approximate surface area is 166 Å². The molecule has 4 heteroatoms. The Morgan fingerprint density at radius 1 is 0.962 bits per heavy atom. The van der Waals surface area contributed by atoms with E-state index >= 15 is 0 Å². The zero-order valence-corrected chi connectivity index (χ0v) is 16.5. The fraction of sp³-hybridized carbons (Fsp3) is 0.0455. The monoisotopic (exact) mass is 425 g/mol. The molecule has 0 bridgehead atoms. The second-order valence-electron chi connectivity index (χ2n) is 5.90. The Balaban J connectivity index is 1.98. The number of aryl methyl sites for hydroxylation is 1. The van der Waals surface area contributed by atoms with Crippen molar-refractivity contribution in [3.05, 3.63) is 105 Å². The quantitative estimate of drug-likeness (QED) is 0.361. The van der Waals surface area contributed by atoms with Gasteiger partial charge in [-0.1, -0.05) is 48.0 Å². The molecule has 2 nitrogen and oxygen atoms in total. The smallest absolute Gasteiger partial charge is 0.187 e. The summed E-state index contributed by atoms with van der Waals surface area (Å²) in [6.45, 7) is 2.03. The van der Waals surface area contributed by atoms with Crippen molar-refractivity contribution in [2.24, 2.45) is 0 Å². The standard InChI is InChI=1S/C22H17BrClNO/c1-15-7-12-20(19(23)13-15)25-21(16-5-3-2-4-6-16)14-22(26)17-8-10-18(24)11-9-17/h2-14,25H,1H3/b21-14-. The molecule has 3 rings (SSSR count). The van der Waals surface area contributed by atoms with E-state index in [0.29, 0.717) is 10.6 Å². The summed E-state index contributed by atoms with van der Waals surface area (Å²) in [5.74, 6) is -0.0868. The van der Waals surface area contributed by atoms with Gasteiger partial charge in [-0.3, -0.25) is 4.79 Å². The van der Waals surface area contributed by atoms with Crippen LogP contribution >= 0.6 is 27.5 Å². The van der Waals surface area contributed by atoms with E-state index in [1.807, 2.05) is 55.5 Å². The van der Waals surface area contributed by atoms with Crippen LogP contribution in [-0.4, -0.2) is 5.78 Å². The van der Waals surface area contributed by atoms with Crippen molar-refractivity contribution in [2.75, 3.05) is 5.32 Å². The Kier molecular flexibility index (Phi) is 5.92. The van der Waals surface area contributed by atoms with Crippen molar-refractivity contribution in [2.45, 2.75) is 6.92 Å². The van der Waals surface area contributed by atoms with Gasteiger partial charge < -0.3 is 5.32 Å². The molecule has 0 heterocycles. The lowest BCUT2D eigenvalue weighted by Crippen LogP contribution is -2.04. The van der Waals surface area contributed by atoms with E-state index in [1.54, 1.807) is 30.3 Å². The summed E-state index contributed by atoms with van der Waals surface area (Å²) in [6.07, 6.45) is 1.62. The van der Waals surface area contributed by atoms with Crippen LogP contribution in [0.4, 0.5) is 5.69 Å². The average Bonchev–Trinajstić information content (AvgIpc) is 2.64. The molecular weight excluding hydrogens is 410 g/mol. The first kappa shape index (κ1) is 18.4. The first-order chi connectivity index (χ1) is 12.5. The van der Waals surface area contributed by atoms with Gasteiger partial charge in [-0.2, -0.15) is 0 Å². The number of allylic oxidation sites excluding steroid dienone is 1. The van der Waals surface area contributed by atoms with E-state index in [0.717, 1.165) is 27.0 Å². The molecule has 0 unspecified atom stereocenters. The lowest BCUT2D eigenvalue weighted by atomic mass is 10.1. The van der Waals surface area contributed by atoms with Gasteiger partial charge in [0.2, 0.25) is 0 Å². The summed E-state index contributed by atoms with van der Waals surface area (Å²) >= 11 is 9.49. The molecule has 0 saturated carbocycles. The topological polar surface area (TPSA) is 29.1 Å². The highest BCUT2D eigenvalue weighted by molar-refractivity contribution is 9.10. The number of carbonyl (C=O) groups is 1. The summed E-state index contributed by atoms with van der Waals surface area (Å²) in [5, 5.41) is 3.98. The first-order valence-corrected chi connectivity index (χ1v) is 9.30. The summed E-state index contributed by atoms with van der Waals surface area (Å²) in [7, 11) is 0. The summed E-state index contributed by atoms with van der Waals surface area (Å²) in [4.78, 5) is 12.7. The van der Waals surface area contributed by atoms with E-state index in [1.165, 1.54) is 0 Å². The fourth-order valence-corrected chi connectivity index (χ4v) is 3.22. The number of benzene rings is 3. The van der Waals surface area contributed by atoms with Crippen LogP contribution in [0.2, 0.25) is 5.02 Å². The minimum absolute atomic E-state index is 0.0868. The number of carbonyl (C=O) groups excluding carboxylic acids is 1. The van der Waals surface area contributed by atoms with Crippen LogP contribution in [0, 0.1) is 6.92 Å². The summed E-state index contributed by atoms with van der Waals surface area (Å²) in [5.41, 5.74) is 4.31. The maximum absolute atomic E-state index is 12.7. The van der Waals surface area contributed by atoms with Crippen molar-refractivity contribution in [1.82, 2.24) is 0 Å². The summed E-state index contributed by atoms with van der Waals surface area (Å²) in [6, 6.07) is 22.7. The molecule has 0 radical (unpaired) electrons. The number of rotatable bonds is 5.